The Morgan fingerprint density at radius 3 is 2.24 bits per heavy atom. The first-order chi connectivity index (χ1) is 18.3. The zero-order valence-electron chi connectivity index (χ0n) is 21.6. The minimum atomic E-state index is -0.638. The van der Waals surface area contributed by atoms with Crippen molar-refractivity contribution in [3.8, 4) is 11.4 Å². The van der Waals surface area contributed by atoms with Crippen LogP contribution in [0.15, 0.2) is 82.4 Å². The monoisotopic (exact) mass is 514 g/mol. The topological polar surface area (TPSA) is 111 Å². The van der Waals surface area contributed by atoms with Crippen molar-refractivity contribution in [2.24, 2.45) is 5.92 Å². The number of aromatic nitrogens is 2. The van der Waals surface area contributed by atoms with Crippen molar-refractivity contribution in [3.63, 3.8) is 0 Å². The summed E-state index contributed by atoms with van der Waals surface area (Å²) in [5.74, 6) is 0.482. The number of methoxy groups -OCH3 is 1. The molecule has 0 bridgehead atoms. The number of carbonyl (C=O) groups excluding carboxylic acids is 2. The molecular formula is C29H30N4O5. The van der Waals surface area contributed by atoms with Gasteiger partial charge in [0.25, 0.3) is 5.56 Å². The first kappa shape index (κ1) is 26.4. The number of hydrogen-bond donors (Lipinski definition) is 2. The highest BCUT2D eigenvalue weighted by Gasteiger charge is 2.17. The van der Waals surface area contributed by atoms with Gasteiger partial charge in [0.1, 0.15) is 12.3 Å². The summed E-state index contributed by atoms with van der Waals surface area (Å²) in [7, 11) is 1.55. The molecule has 0 aliphatic heterocycles. The van der Waals surface area contributed by atoms with E-state index in [0.717, 1.165) is 10.1 Å². The van der Waals surface area contributed by atoms with Crippen LogP contribution in [-0.2, 0) is 22.6 Å². The van der Waals surface area contributed by atoms with Crippen LogP contribution in [0.4, 0.5) is 5.69 Å². The SMILES string of the molecule is COc1ccc(NC(=O)Cn2c(=O)n(-c3ccc(CC(=O)NCC(C)C)cc3)c(=O)c3ccccc32)cc1. The molecule has 0 spiro atoms. The number of carbonyl (C=O) groups is 2. The van der Waals surface area contributed by atoms with Crippen molar-refractivity contribution in [3.05, 3.63) is 99.2 Å². The Hall–Kier alpha value is -4.66. The Kier molecular flexibility index (Phi) is 8.06. The second-order valence-electron chi connectivity index (χ2n) is 9.34. The number of hydrogen-bond acceptors (Lipinski definition) is 5. The van der Waals surface area contributed by atoms with Crippen molar-refractivity contribution in [1.82, 2.24) is 14.5 Å². The molecule has 2 amide bonds. The Morgan fingerprint density at radius 2 is 1.58 bits per heavy atom. The van der Waals surface area contributed by atoms with Gasteiger partial charge < -0.3 is 15.4 Å². The van der Waals surface area contributed by atoms with Crippen LogP contribution >= 0.6 is 0 Å². The van der Waals surface area contributed by atoms with E-state index in [1.54, 1.807) is 79.9 Å². The molecular weight excluding hydrogens is 484 g/mol. The van der Waals surface area contributed by atoms with Crippen molar-refractivity contribution in [2.45, 2.75) is 26.8 Å². The summed E-state index contributed by atoms with van der Waals surface area (Å²) in [5, 5.41) is 5.95. The molecule has 1 aromatic heterocycles. The average Bonchev–Trinajstić information content (AvgIpc) is 2.91. The van der Waals surface area contributed by atoms with Crippen LogP contribution in [0.1, 0.15) is 19.4 Å². The predicted octanol–water partition coefficient (Wildman–Crippen LogP) is 3.11. The number of amides is 2. The standard InChI is InChI=1S/C29H30N4O5/c1-19(2)17-30-26(34)16-20-8-12-22(13-9-20)33-28(36)24-6-4-5-7-25(24)32(29(33)37)18-27(35)31-21-10-14-23(38-3)15-11-21/h4-15,19H,16-18H2,1-3H3,(H,30,34)(H,31,35). The molecule has 2 N–H and O–H groups in total. The van der Waals surface area contributed by atoms with E-state index in [0.29, 0.717) is 40.5 Å². The molecule has 9 nitrogen and oxygen atoms in total. The van der Waals surface area contributed by atoms with Crippen molar-refractivity contribution >= 4 is 28.4 Å². The van der Waals surface area contributed by atoms with Crippen LogP contribution in [0, 0.1) is 5.92 Å². The highest BCUT2D eigenvalue weighted by atomic mass is 16.5. The summed E-state index contributed by atoms with van der Waals surface area (Å²) in [6.45, 7) is 4.34. The molecule has 9 heteroatoms. The van der Waals surface area contributed by atoms with Crippen LogP contribution in [0.5, 0.6) is 5.75 Å². The summed E-state index contributed by atoms with van der Waals surface area (Å²) in [6, 6.07) is 20.2. The van der Waals surface area contributed by atoms with E-state index >= 15 is 0 Å². The van der Waals surface area contributed by atoms with Crippen molar-refractivity contribution < 1.29 is 14.3 Å². The van der Waals surface area contributed by atoms with Crippen molar-refractivity contribution in [2.75, 3.05) is 19.0 Å². The number of fused-ring (bicyclic) bond motifs is 1. The smallest absolute Gasteiger partial charge is 0.336 e. The summed E-state index contributed by atoms with van der Waals surface area (Å²) in [4.78, 5) is 51.9. The number of rotatable bonds is 9. The van der Waals surface area contributed by atoms with Gasteiger partial charge in [-0.15, -0.1) is 0 Å². The molecule has 38 heavy (non-hydrogen) atoms. The van der Waals surface area contributed by atoms with Crippen LogP contribution in [0.3, 0.4) is 0 Å². The largest absolute Gasteiger partial charge is 0.497 e. The second-order valence-corrected chi connectivity index (χ2v) is 9.34. The second kappa shape index (κ2) is 11.6. The molecule has 0 saturated heterocycles. The highest BCUT2D eigenvalue weighted by Crippen LogP contribution is 2.16. The zero-order chi connectivity index (χ0) is 27.2. The van der Waals surface area contributed by atoms with Crippen LogP contribution in [0.2, 0.25) is 0 Å². The molecule has 196 valence electrons. The molecule has 4 rings (SSSR count). The molecule has 0 aliphatic rings. The lowest BCUT2D eigenvalue weighted by atomic mass is 10.1. The van der Waals surface area contributed by atoms with Gasteiger partial charge in [0.2, 0.25) is 11.8 Å². The number of benzene rings is 3. The fourth-order valence-corrected chi connectivity index (χ4v) is 4.05. The maximum Gasteiger partial charge on any atom is 0.336 e. The summed E-state index contributed by atoms with van der Waals surface area (Å²) < 4.78 is 7.46. The Balaban J connectivity index is 1.64. The molecule has 0 radical (unpaired) electrons. The van der Waals surface area contributed by atoms with Gasteiger partial charge in [-0.3, -0.25) is 19.0 Å². The van der Waals surface area contributed by atoms with E-state index in [2.05, 4.69) is 10.6 Å². The number of nitrogens with zero attached hydrogens (tertiary/aromatic N) is 2. The molecule has 0 atom stereocenters. The third kappa shape index (κ3) is 6.00. The fraction of sp³-hybridized carbons (Fsp3) is 0.241. The quantitative estimate of drug-likeness (QED) is 0.357. The van der Waals surface area contributed by atoms with E-state index in [-0.39, 0.29) is 18.9 Å². The van der Waals surface area contributed by atoms with Gasteiger partial charge in [0, 0.05) is 12.2 Å². The molecule has 4 aromatic rings. The van der Waals surface area contributed by atoms with Gasteiger partial charge >= 0.3 is 5.69 Å². The minimum Gasteiger partial charge on any atom is -0.497 e. The Morgan fingerprint density at radius 1 is 0.895 bits per heavy atom. The zero-order valence-corrected chi connectivity index (χ0v) is 21.6. The lowest BCUT2D eigenvalue weighted by molar-refractivity contribution is -0.120. The fourth-order valence-electron chi connectivity index (χ4n) is 4.05. The predicted molar refractivity (Wildman–Crippen MR) is 147 cm³/mol. The lowest BCUT2D eigenvalue weighted by Gasteiger charge is -2.15. The Labute approximate surface area is 219 Å². The van der Waals surface area contributed by atoms with Crippen LogP contribution in [-0.4, -0.2) is 34.6 Å². The first-order valence-electron chi connectivity index (χ1n) is 12.3. The Bertz CT molecular complexity index is 1570. The van der Waals surface area contributed by atoms with Crippen molar-refractivity contribution in [1.29, 1.82) is 0 Å². The molecule has 0 aliphatic carbocycles. The van der Waals surface area contributed by atoms with Crippen LogP contribution < -0.4 is 26.6 Å². The number of nitrogens with one attached hydrogen (secondary N) is 2. The normalized spacial score (nSPS) is 10.9. The average molecular weight is 515 g/mol. The van der Waals surface area contributed by atoms with Gasteiger partial charge in [0.05, 0.1) is 30.1 Å². The maximum atomic E-state index is 13.6. The summed E-state index contributed by atoms with van der Waals surface area (Å²) in [5.41, 5.74) is 0.891. The molecule has 1 heterocycles. The lowest BCUT2D eigenvalue weighted by Crippen LogP contribution is -2.40. The first-order valence-corrected chi connectivity index (χ1v) is 12.3. The maximum absolute atomic E-state index is 13.6. The summed E-state index contributed by atoms with van der Waals surface area (Å²) >= 11 is 0. The van der Waals surface area contributed by atoms with Gasteiger partial charge in [-0.25, -0.2) is 9.36 Å². The van der Waals surface area contributed by atoms with Gasteiger partial charge in [-0.1, -0.05) is 38.1 Å². The molecule has 0 unspecified atom stereocenters. The van der Waals surface area contributed by atoms with E-state index in [1.165, 1.54) is 4.57 Å². The van der Waals surface area contributed by atoms with E-state index < -0.39 is 17.2 Å². The molecule has 0 fully saturated rings. The number of anilines is 1. The number of ether oxygens (including phenoxy) is 1. The van der Waals surface area contributed by atoms with E-state index in [9.17, 15) is 19.2 Å². The molecule has 0 saturated carbocycles. The third-order valence-electron chi connectivity index (χ3n) is 5.99. The van der Waals surface area contributed by atoms with Gasteiger partial charge in [0.15, 0.2) is 0 Å². The minimum absolute atomic E-state index is 0.0976. The third-order valence-corrected chi connectivity index (χ3v) is 5.99. The van der Waals surface area contributed by atoms with Crippen LogP contribution in [0.25, 0.3) is 16.6 Å². The van der Waals surface area contributed by atoms with Gasteiger partial charge in [-0.05, 0) is 60.0 Å². The highest BCUT2D eigenvalue weighted by molar-refractivity contribution is 5.91. The number of para-hydroxylation sites is 1. The van der Waals surface area contributed by atoms with E-state index in [4.69, 9.17) is 4.74 Å². The summed E-state index contributed by atoms with van der Waals surface area (Å²) in [6.07, 6.45) is 0.190. The molecule has 3 aromatic carbocycles. The van der Waals surface area contributed by atoms with E-state index in [1.807, 2.05) is 13.8 Å². The van der Waals surface area contributed by atoms with Gasteiger partial charge in [-0.2, -0.15) is 0 Å².